The lowest BCUT2D eigenvalue weighted by Crippen LogP contribution is -2.37. The van der Waals surface area contributed by atoms with Gasteiger partial charge in [-0.25, -0.2) is 8.42 Å². The molecule has 3 aromatic rings. The van der Waals surface area contributed by atoms with Crippen molar-refractivity contribution >= 4 is 21.4 Å². The zero-order valence-corrected chi connectivity index (χ0v) is 20.4. The van der Waals surface area contributed by atoms with Crippen LogP contribution < -0.4 is 5.32 Å². The van der Waals surface area contributed by atoms with Crippen LogP contribution in [0.4, 0.5) is 5.69 Å². The number of anilines is 1. The van der Waals surface area contributed by atoms with Gasteiger partial charge in [-0.2, -0.15) is 10.2 Å². The third kappa shape index (κ3) is 4.41. The van der Waals surface area contributed by atoms with E-state index in [1.54, 1.807) is 17.1 Å². The third-order valence-electron chi connectivity index (χ3n) is 7.14. The first kappa shape index (κ1) is 22.8. The van der Waals surface area contributed by atoms with Crippen LogP contribution in [-0.2, 0) is 22.7 Å². The number of amides is 1. The van der Waals surface area contributed by atoms with Gasteiger partial charge in [-0.3, -0.25) is 14.6 Å². The number of aromatic amines is 1. The first-order valence-electron chi connectivity index (χ1n) is 11.9. The molecule has 0 radical (unpaired) electrons. The molecule has 1 aliphatic carbocycles. The van der Waals surface area contributed by atoms with Crippen molar-refractivity contribution in [1.82, 2.24) is 20.0 Å². The molecule has 2 atom stereocenters. The lowest BCUT2D eigenvalue weighted by molar-refractivity contribution is 0.102. The highest BCUT2D eigenvalue weighted by Crippen LogP contribution is 2.36. The summed E-state index contributed by atoms with van der Waals surface area (Å²) in [7, 11) is -3.25. The summed E-state index contributed by atoms with van der Waals surface area (Å²) in [5.74, 6) is -0.0780. The second kappa shape index (κ2) is 8.69. The Morgan fingerprint density at radius 3 is 2.79 bits per heavy atom. The van der Waals surface area contributed by atoms with E-state index < -0.39 is 21.1 Å². The highest BCUT2D eigenvalue weighted by molar-refractivity contribution is 7.92. The van der Waals surface area contributed by atoms with Crippen LogP contribution in [0.5, 0.6) is 0 Å². The molecule has 1 saturated heterocycles. The van der Waals surface area contributed by atoms with Gasteiger partial charge in [0.05, 0.1) is 28.9 Å². The topological polar surface area (TPSA) is 110 Å². The summed E-state index contributed by atoms with van der Waals surface area (Å²) >= 11 is 0. The summed E-state index contributed by atoms with van der Waals surface area (Å²) in [4.78, 5) is 13.0. The number of rotatable bonds is 5. The summed E-state index contributed by atoms with van der Waals surface area (Å²) < 4.78 is 27.6. The molecule has 0 bridgehead atoms. The van der Waals surface area contributed by atoms with Gasteiger partial charge >= 0.3 is 0 Å². The Hall–Kier alpha value is -2.94. The van der Waals surface area contributed by atoms with Crippen LogP contribution in [0, 0.1) is 5.41 Å². The maximum absolute atomic E-state index is 13.0. The van der Waals surface area contributed by atoms with E-state index in [4.69, 9.17) is 0 Å². The molecule has 2 aromatic heterocycles. The van der Waals surface area contributed by atoms with Crippen LogP contribution >= 0.6 is 0 Å². The van der Waals surface area contributed by atoms with Crippen molar-refractivity contribution in [2.24, 2.45) is 5.41 Å². The van der Waals surface area contributed by atoms with Gasteiger partial charge in [0.25, 0.3) is 5.91 Å². The number of hydrogen-bond donors (Lipinski definition) is 2. The van der Waals surface area contributed by atoms with Crippen molar-refractivity contribution in [3.63, 3.8) is 0 Å². The molecule has 180 valence electrons. The molecule has 8 nitrogen and oxygen atoms in total. The van der Waals surface area contributed by atoms with Gasteiger partial charge in [0.2, 0.25) is 0 Å². The molecule has 5 rings (SSSR count). The number of carbonyl (C=O) groups excluding carboxylic acids is 1. The maximum Gasteiger partial charge on any atom is 0.276 e. The highest BCUT2D eigenvalue weighted by atomic mass is 32.2. The molecule has 1 aromatic carbocycles. The number of fused-ring (bicyclic) bond motifs is 1. The largest absolute Gasteiger partial charge is 0.318 e. The van der Waals surface area contributed by atoms with Gasteiger partial charge < -0.3 is 5.32 Å². The number of aromatic nitrogens is 4. The number of hydrogen-bond acceptors (Lipinski definition) is 5. The van der Waals surface area contributed by atoms with Crippen LogP contribution in [0.25, 0.3) is 0 Å². The predicted molar refractivity (Wildman–Crippen MR) is 131 cm³/mol. The number of nitrogens with zero attached hydrogens (tertiary/aromatic N) is 3. The van der Waals surface area contributed by atoms with Crippen molar-refractivity contribution < 1.29 is 13.2 Å². The number of carbonyl (C=O) groups is 1. The van der Waals surface area contributed by atoms with E-state index in [-0.39, 0.29) is 17.1 Å². The summed E-state index contributed by atoms with van der Waals surface area (Å²) in [6, 6.07) is 9.16. The van der Waals surface area contributed by atoms with Gasteiger partial charge in [0.15, 0.2) is 15.5 Å². The van der Waals surface area contributed by atoms with Crippen LogP contribution in [0.15, 0.2) is 42.7 Å². The van der Waals surface area contributed by atoms with Crippen molar-refractivity contribution in [2.75, 3.05) is 11.1 Å². The summed E-state index contributed by atoms with van der Waals surface area (Å²) in [6.07, 6.45) is 8.16. The summed E-state index contributed by atoms with van der Waals surface area (Å²) in [5, 5.41) is 14.2. The molecule has 9 heteroatoms. The molecule has 2 N–H and O–H groups in total. The van der Waals surface area contributed by atoms with Crippen molar-refractivity contribution in [3.8, 4) is 0 Å². The number of nitrogens with one attached hydrogen (secondary N) is 2. The molecule has 1 unspecified atom stereocenters. The Morgan fingerprint density at radius 2 is 2.03 bits per heavy atom. The standard InChI is InChI=1S/C25H31N5O3S/c1-25(2)12-11-19-20(14-25)28-29-22(19)24(31)27-18-15-26-30(16-18)23(17-8-4-3-5-9-17)21-10-6-7-13-34(21,32)33/h3-5,8-9,15-16,21,23H,6-7,10-14H2,1-2H3,(H,27,31)(H,28,29)/t21?,23-/m1/s1. The quantitative estimate of drug-likeness (QED) is 0.574. The SMILES string of the molecule is CC1(C)CCc2c(C(=O)Nc3cnn([C@H](c4ccccc4)C4CCCCS4(=O)=O)c3)n[nH]c2C1. The van der Waals surface area contributed by atoms with E-state index in [2.05, 4.69) is 34.5 Å². The minimum Gasteiger partial charge on any atom is -0.318 e. The Bertz CT molecular complexity index is 1290. The van der Waals surface area contributed by atoms with E-state index in [0.717, 1.165) is 42.5 Å². The normalized spacial score (nSPS) is 22.0. The van der Waals surface area contributed by atoms with Crippen LogP contribution in [0.3, 0.4) is 0 Å². The lowest BCUT2D eigenvalue weighted by Gasteiger charge is -2.30. The minimum absolute atomic E-state index is 0.195. The van der Waals surface area contributed by atoms with Gasteiger partial charge in [0, 0.05) is 17.5 Å². The molecule has 1 amide bonds. The molecule has 2 aliphatic rings. The Balaban J connectivity index is 1.41. The molecule has 1 aliphatic heterocycles. The molecule has 0 spiro atoms. The van der Waals surface area contributed by atoms with Gasteiger partial charge in [0.1, 0.15) is 0 Å². The van der Waals surface area contributed by atoms with E-state index in [9.17, 15) is 13.2 Å². The van der Waals surface area contributed by atoms with Gasteiger partial charge in [-0.15, -0.1) is 0 Å². The van der Waals surface area contributed by atoms with Gasteiger partial charge in [-0.05, 0) is 43.1 Å². The fourth-order valence-corrected chi connectivity index (χ4v) is 7.41. The third-order valence-corrected chi connectivity index (χ3v) is 9.42. The van der Waals surface area contributed by atoms with E-state index in [1.807, 2.05) is 30.3 Å². The highest BCUT2D eigenvalue weighted by Gasteiger charge is 2.38. The number of benzene rings is 1. The summed E-state index contributed by atoms with van der Waals surface area (Å²) in [5.41, 5.74) is 4.05. The zero-order valence-electron chi connectivity index (χ0n) is 19.6. The second-order valence-electron chi connectivity index (χ2n) is 10.3. The average molecular weight is 482 g/mol. The lowest BCUT2D eigenvalue weighted by atomic mass is 9.76. The van der Waals surface area contributed by atoms with E-state index >= 15 is 0 Å². The maximum atomic E-state index is 13.0. The van der Waals surface area contributed by atoms with E-state index in [0.29, 0.717) is 24.2 Å². The van der Waals surface area contributed by atoms with Crippen LogP contribution in [-0.4, -0.2) is 45.3 Å². The Labute approximate surface area is 200 Å². The molecule has 1 fully saturated rings. The monoisotopic (exact) mass is 481 g/mol. The minimum atomic E-state index is -3.25. The predicted octanol–water partition coefficient (Wildman–Crippen LogP) is 3.93. The van der Waals surface area contributed by atoms with Gasteiger partial charge in [-0.1, -0.05) is 50.6 Å². The first-order chi connectivity index (χ1) is 16.2. The van der Waals surface area contributed by atoms with Crippen molar-refractivity contribution in [1.29, 1.82) is 0 Å². The fraction of sp³-hybridized carbons (Fsp3) is 0.480. The van der Waals surface area contributed by atoms with E-state index in [1.165, 1.54) is 0 Å². The van der Waals surface area contributed by atoms with Crippen LogP contribution in [0.1, 0.15) is 72.9 Å². The molecule has 0 saturated carbocycles. The second-order valence-corrected chi connectivity index (χ2v) is 12.6. The molecular weight excluding hydrogens is 450 g/mol. The Morgan fingerprint density at radius 1 is 1.24 bits per heavy atom. The molecular formula is C25H31N5O3S. The van der Waals surface area contributed by atoms with Crippen LogP contribution in [0.2, 0.25) is 0 Å². The average Bonchev–Trinajstić information content (AvgIpc) is 3.42. The molecule has 34 heavy (non-hydrogen) atoms. The van der Waals surface area contributed by atoms with Crippen molar-refractivity contribution in [3.05, 3.63) is 65.2 Å². The fourth-order valence-electron chi connectivity index (χ4n) is 5.30. The number of H-pyrrole nitrogens is 1. The summed E-state index contributed by atoms with van der Waals surface area (Å²) in [6.45, 7) is 4.45. The smallest absolute Gasteiger partial charge is 0.276 e. The Kier molecular flexibility index (Phi) is 5.83. The molecule has 3 heterocycles. The first-order valence-corrected chi connectivity index (χ1v) is 13.6. The zero-order chi connectivity index (χ0) is 23.9. The van der Waals surface area contributed by atoms with Crippen molar-refractivity contribution in [2.45, 2.75) is 63.7 Å². The number of sulfone groups is 1.